The van der Waals surface area contributed by atoms with Crippen molar-refractivity contribution in [2.45, 2.75) is 0 Å². The zero-order valence-electron chi connectivity index (χ0n) is 23.3. The van der Waals surface area contributed by atoms with Crippen LogP contribution in [0.5, 0.6) is 0 Å². The first kappa shape index (κ1) is 24.2. The second-order valence-electron chi connectivity index (χ2n) is 10.9. The van der Waals surface area contributed by atoms with Gasteiger partial charge in [-0.15, -0.1) is 11.3 Å². The van der Waals surface area contributed by atoms with Gasteiger partial charge in [0, 0.05) is 53.1 Å². The van der Waals surface area contributed by atoms with E-state index in [0.29, 0.717) is 0 Å². The minimum atomic E-state index is 1.13. The molecule has 2 heterocycles. The van der Waals surface area contributed by atoms with Crippen LogP contribution in [0.4, 0.5) is 17.1 Å². The van der Waals surface area contributed by atoms with E-state index in [4.69, 9.17) is 0 Å². The molecule has 7 aromatic carbocycles. The molecule has 0 spiro atoms. The Morgan fingerprint density at radius 1 is 0.419 bits per heavy atom. The van der Waals surface area contributed by atoms with Crippen molar-refractivity contribution in [2.75, 3.05) is 4.90 Å². The van der Waals surface area contributed by atoms with Gasteiger partial charge in [-0.1, -0.05) is 109 Å². The summed E-state index contributed by atoms with van der Waals surface area (Å²) in [4.78, 5) is 2.45. The maximum absolute atomic E-state index is 2.45. The van der Waals surface area contributed by atoms with Crippen molar-refractivity contribution in [1.82, 2.24) is 4.57 Å². The molecular weight excluding hydrogens is 541 g/mol. The van der Waals surface area contributed by atoms with Crippen molar-refractivity contribution in [2.24, 2.45) is 0 Å². The van der Waals surface area contributed by atoms with Crippen LogP contribution in [0.1, 0.15) is 0 Å². The lowest BCUT2D eigenvalue weighted by atomic mass is 10.0. The molecule has 0 fully saturated rings. The third-order valence-electron chi connectivity index (χ3n) is 8.56. The largest absolute Gasteiger partial charge is 0.308 e. The van der Waals surface area contributed by atoms with Gasteiger partial charge < -0.3 is 9.47 Å². The number of fused-ring (bicyclic) bond motifs is 8. The monoisotopic (exact) mass is 566 g/mol. The molecule has 43 heavy (non-hydrogen) atoms. The molecule has 0 amide bonds. The molecule has 9 aromatic rings. The van der Waals surface area contributed by atoms with Gasteiger partial charge in [-0.2, -0.15) is 0 Å². The molecule has 2 aromatic heterocycles. The zero-order valence-corrected chi connectivity index (χ0v) is 24.1. The molecule has 0 atom stereocenters. The van der Waals surface area contributed by atoms with Crippen molar-refractivity contribution in [3.63, 3.8) is 0 Å². The average molecular weight is 567 g/mol. The Bertz CT molecular complexity index is 2450. The van der Waals surface area contributed by atoms with Crippen LogP contribution in [0.3, 0.4) is 0 Å². The molecule has 0 unspecified atom stereocenters. The molecule has 2 nitrogen and oxygen atoms in total. The molecule has 0 radical (unpaired) electrons. The quantitative estimate of drug-likeness (QED) is 0.206. The third kappa shape index (κ3) is 3.65. The summed E-state index contributed by atoms with van der Waals surface area (Å²) in [5.74, 6) is 0. The summed E-state index contributed by atoms with van der Waals surface area (Å²) in [7, 11) is 0. The molecule has 0 N–H and O–H groups in total. The van der Waals surface area contributed by atoms with Crippen LogP contribution >= 0.6 is 11.3 Å². The standard InChI is InChI=1S/C40H26N2S/c1-3-13-27(14-4-1)41(35-22-12-20-33-30(35)25-26-34-31-18-8-10-24-38(31)43-40(33)34)37-23-11-19-32-29-17-7-9-21-36(29)42(39(32)37)28-15-5-2-6-16-28/h1-26H. The van der Waals surface area contributed by atoms with Crippen LogP contribution in [0, 0.1) is 0 Å². The van der Waals surface area contributed by atoms with Crippen LogP contribution in [-0.4, -0.2) is 4.57 Å². The molecular formula is C40H26N2S. The second kappa shape index (κ2) is 9.59. The number of nitrogens with zero attached hydrogens (tertiary/aromatic N) is 2. The lowest BCUT2D eigenvalue weighted by Crippen LogP contribution is -2.12. The minimum Gasteiger partial charge on any atom is -0.308 e. The van der Waals surface area contributed by atoms with Gasteiger partial charge in [-0.3, -0.25) is 0 Å². The normalized spacial score (nSPS) is 11.7. The van der Waals surface area contributed by atoms with Crippen LogP contribution in [-0.2, 0) is 0 Å². The summed E-state index contributed by atoms with van der Waals surface area (Å²) in [6.07, 6.45) is 0. The Labute approximate surface area is 253 Å². The summed E-state index contributed by atoms with van der Waals surface area (Å²) < 4.78 is 5.09. The van der Waals surface area contributed by atoms with Crippen LogP contribution in [0.2, 0.25) is 0 Å². The SMILES string of the molecule is c1ccc(N(c2cccc3c2ccc2c4ccccc4sc32)c2cccc3c4ccccc4n(-c4ccccc4)c23)cc1. The average Bonchev–Trinajstić information content (AvgIpc) is 3.63. The van der Waals surface area contributed by atoms with Gasteiger partial charge in [-0.25, -0.2) is 0 Å². The minimum absolute atomic E-state index is 1.13. The van der Waals surface area contributed by atoms with Crippen molar-refractivity contribution in [3.8, 4) is 5.69 Å². The van der Waals surface area contributed by atoms with Crippen LogP contribution < -0.4 is 4.90 Å². The number of rotatable bonds is 4. The van der Waals surface area contributed by atoms with E-state index < -0.39 is 0 Å². The van der Waals surface area contributed by atoms with E-state index >= 15 is 0 Å². The summed E-state index contributed by atoms with van der Waals surface area (Å²) in [5, 5.41) is 7.67. The summed E-state index contributed by atoms with van der Waals surface area (Å²) in [5.41, 5.74) is 6.99. The highest BCUT2D eigenvalue weighted by Gasteiger charge is 2.23. The van der Waals surface area contributed by atoms with Crippen molar-refractivity contribution >= 4 is 81.1 Å². The van der Waals surface area contributed by atoms with Gasteiger partial charge in [0.1, 0.15) is 0 Å². The van der Waals surface area contributed by atoms with E-state index in [-0.39, 0.29) is 0 Å². The molecule has 0 aliphatic heterocycles. The molecule has 0 aliphatic rings. The molecule has 0 saturated carbocycles. The van der Waals surface area contributed by atoms with E-state index in [1.54, 1.807) is 0 Å². The molecule has 0 bridgehead atoms. The maximum atomic E-state index is 2.45. The smallest absolute Gasteiger partial charge is 0.0782 e. The predicted octanol–water partition coefficient (Wildman–Crippen LogP) is 11.8. The highest BCUT2D eigenvalue weighted by Crippen LogP contribution is 2.47. The molecule has 9 rings (SSSR count). The number of anilines is 3. The number of hydrogen-bond acceptors (Lipinski definition) is 2. The fraction of sp³-hybridized carbons (Fsp3) is 0. The van der Waals surface area contributed by atoms with Gasteiger partial charge in [0.15, 0.2) is 0 Å². The summed E-state index contributed by atoms with van der Waals surface area (Å²) in [6, 6.07) is 57.1. The van der Waals surface area contributed by atoms with E-state index in [1.807, 2.05) is 11.3 Å². The molecule has 202 valence electrons. The second-order valence-corrected chi connectivity index (χ2v) is 12.0. The van der Waals surface area contributed by atoms with E-state index in [0.717, 1.165) is 17.1 Å². The third-order valence-corrected chi connectivity index (χ3v) is 9.78. The molecule has 0 saturated heterocycles. The number of thiophene rings is 1. The zero-order chi connectivity index (χ0) is 28.3. The Morgan fingerprint density at radius 2 is 1.02 bits per heavy atom. The Kier molecular flexibility index (Phi) is 5.40. The first-order valence-corrected chi connectivity index (χ1v) is 15.4. The lowest BCUT2D eigenvalue weighted by Gasteiger charge is -2.28. The Hall–Kier alpha value is -5.38. The maximum Gasteiger partial charge on any atom is 0.0782 e. The van der Waals surface area contributed by atoms with E-state index in [1.165, 1.54) is 58.4 Å². The summed E-state index contributed by atoms with van der Waals surface area (Å²) in [6.45, 7) is 0. The predicted molar refractivity (Wildman–Crippen MR) is 186 cm³/mol. The Balaban J connectivity index is 1.40. The number of benzene rings is 7. The van der Waals surface area contributed by atoms with E-state index in [2.05, 4.69) is 167 Å². The van der Waals surface area contributed by atoms with Gasteiger partial charge >= 0.3 is 0 Å². The Morgan fingerprint density at radius 3 is 1.86 bits per heavy atom. The number of para-hydroxylation sites is 4. The van der Waals surface area contributed by atoms with Crippen molar-refractivity contribution in [3.05, 3.63) is 158 Å². The fourth-order valence-electron chi connectivity index (χ4n) is 6.73. The van der Waals surface area contributed by atoms with Gasteiger partial charge in [0.05, 0.1) is 22.4 Å². The van der Waals surface area contributed by atoms with Gasteiger partial charge in [-0.05, 0) is 48.5 Å². The molecule has 3 heteroatoms. The summed E-state index contributed by atoms with van der Waals surface area (Å²) >= 11 is 1.89. The highest BCUT2D eigenvalue weighted by atomic mass is 32.1. The first-order chi connectivity index (χ1) is 21.4. The number of aromatic nitrogens is 1. The molecule has 0 aliphatic carbocycles. The van der Waals surface area contributed by atoms with E-state index in [9.17, 15) is 0 Å². The van der Waals surface area contributed by atoms with Crippen molar-refractivity contribution < 1.29 is 0 Å². The van der Waals surface area contributed by atoms with Crippen molar-refractivity contribution in [1.29, 1.82) is 0 Å². The van der Waals surface area contributed by atoms with Crippen LogP contribution in [0.15, 0.2) is 158 Å². The van der Waals surface area contributed by atoms with Crippen LogP contribution in [0.25, 0.3) is 58.4 Å². The number of hydrogen-bond donors (Lipinski definition) is 0. The highest BCUT2D eigenvalue weighted by molar-refractivity contribution is 7.26. The topological polar surface area (TPSA) is 8.17 Å². The lowest BCUT2D eigenvalue weighted by molar-refractivity contribution is 1.17. The van der Waals surface area contributed by atoms with Gasteiger partial charge in [0.25, 0.3) is 0 Å². The van der Waals surface area contributed by atoms with Gasteiger partial charge in [0.2, 0.25) is 0 Å². The first-order valence-electron chi connectivity index (χ1n) is 14.6. The fourth-order valence-corrected chi connectivity index (χ4v) is 7.96.